The largest absolute Gasteiger partial charge is 0.311 e. The summed E-state index contributed by atoms with van der Waals surface area (Å²) < 4.78 is 2.08. The Bertz CT molecular complexity index is 1320. The van der Waals surface area contributed by atoms with E-state index < -0.39 is 0 Å². The van der Waals surface area contributed by atoms with E-state index in [-0.39, 0.29) is 5.91 Å². The van der Waals surface area contributed by atoms with Gasteiger partial charge in [0.1, 0.15) is 10.7 Å². The number of thioether (sulfide) groups is 1. The highest BCUT2D eigenvalue weighted by molar-refractivity contribution is 7.99. The van der Waals surface area contributed by atoms with Crippen molar-refractivity contribution in [2.45, 2.75) is 50.6 Å². The van der Waals surface area contributed by atoms with Crippen LogP contribution in [0.5, 0.6) is 0 Å². The standard InChI is InChI=1S/C23H23N5OS2/c1-2-18-24-22-20(15-8-4-6-10-17(15)31-22)21-25-26-23(28(18)21)30-13-19(29)27-12-11-14-7-3-5-9-16(14)27/h3,5,7,9H,2,4,6,8,10-13H2,1H3. The molecule has 0 saturated carbocycles. The number of hydrogen-bond acceptors (Lipinski definition) is 6. The fourth-order valence-corrected chi connectivity index (χ4v) is 6.93. The number of benzene rings is 1. The molecule has 1 aliphatic carbocycles. The molecule has 0 atom stereocenters. The summed E-state index contributed by atoms with van der Waals surface area (Å²) in [6, 6.07) is 8.17. The molecule has 1 aromatic carbocycles. The van der Waals surface area contributed by atoms with E-state index in [1.54, 1.807) is 0 Å². The molecule has 4 heterocycles. The van der Waals surface area contributed by atoms with Crippen molar-refractivity contribution >= 4 is 50.6 Å². The van der Waals surface area contributed by atoms with Crippen LogP contribution in [0, 0.1) is 0 Å². The summed E-state index contributed by atoms with van der Waals surface area (Å²) in [7, 11) is 0. The lowest BCUT2D eigenvalue weighted by Crippen LogP contribution is -2.30. The Morgan fingerprint density at radius 2 is 2.03 bits per heavy atom. The molecule has 0 spiro atoms. The Morgan fingerprint density at radius 3 is 2.94 bits per heavy atom. The van der Waals surface area contributed by atoms with Crippen LogP contribution in [0.15, 0.2) is 29.4 Å². The fourth-order valence-electron chi connectivity index (χ4n) is 4.82. The second kappa shape index (κ2) is 7.60. The number of fused-ring (bicyclic) bond motifs is 6. The van der Waals surface area contributed by atoms with Gasteiger partial charge in [0, 0.05) is 23.5 Å². The number of carbonyl (C=O) groups is 1. The average Bonchev–Trinajstić information content (AvgIpc) is 3.51. The van der Waals surface area contributed by atoms with Crippen molar-refractivity contribution in [3.8, 4) is 0 Å². The first kappa shape index (κ1) is 19.3. The van der Waals surface area contributed by atoms with Crippen LogP contribution in [-0.2, 0) is 30.5 Å². The third kappa shape index (κ3) is 3.07. The molecule has 0 N–H and O–H groups in total. The molecule has 2 aliphatic rings. The van der Waals surface area contributed by atoms with Gasteiger partial charge < -0.3 is 4.90 Å². The number of aryl methyl sites for hydroxylation is 3. The van der Waals surface area contributed by atoms with E-state index in [1.165, 1.54) is 46.0 Å². The van der Waals surface area contributed by atoms with Crippen LogP contribution < -0.4 is 4.90 Å². The van der Waals surface area contributed by atoms with Gasteiger partial charge in [0.15, 0.2) is 10.8 Å². The lowest BCUT2D eigenvalue weighted by molar-refractivity contribution is -0.116. The molecule has 4 aromatic rings. The van der Waals surface area contributed by atoms with Crippen molar-refractivity contribution in [2.75, 3.05) is 17.2 Å². The van der Waals surface area contributed by atoms with Gasteiger partial charge in [-0.3, -0.25) is 9.20 Å². The molecule has 0 fully saturated rings. The number of anilines is 1. The van der Waals surface area contributed by atoms with E-state index in [4.69, 9.17) is 4.98 Å². The van der Waals surface area contributed by atoms with E-state index in [9.17, 15) is 4.79 Å². The first-order chi connectivity index (χ1) is 15.2. The number of para-hydroxylation sites is 1. The summed E-state index contributed by atoms with van der Waals surface area (Å²) in [5.41, 5.74) is 4.61. The van der Waals surface area contributed by atoms with Crippen molar-refractivity contribution in [3.05, 3.63) is 46.1 Å². The van der Waals surface area contributed by atoms with Crippen molar-refractivity contribution in [1.29, 1.82) is 0 Å². The molecule has 6 rings (SSSR count). The van der Waals surface area contributed by atoms with Crippen LogP contribution >= 0.6 is 23.1 Å². The molecule has 0 unspecified atom stereocenters. The first-order valence-electron chi connectivity index (χ1n) is 10.9. The summed E-state index contributed by atoms with van der Waals surface area (Å²) >= 11 is 3.29. The highest BCUT2D eigenvalue weighted by atomic mass is 32.2. The quantitative estimate of drug-likeness (QED) is 0.431. The van der Waals surface area contributed by atoms with Crippen LogP contribution in [0.25, 0.3) is 15.9 Å². The molecule has 31 heavy (non-hydrogen) atoms. The molecule has 0 radical (unpaired) electrons. The van der Waals surface area contributed by atoms with E-state index in [1.807, 2.05) is 34.4 Å². The molecule has 0 saturated heterocycles. The van der Waals surface area contributed by atoms with Crippen LogP contribution in [0.1, 0.15) is 41.6 Å². The summed E-state index contributed by atoms with van der Waals surface area (Å²) in [6.07, 6.45) is 6.44. The Morgan fingerprint density at radius 1 is 1.16 bits per heavy atom. The van der Waals surface area contributed by atoms with Gasteiger partial charge in [-0.1, -0.05) is 36.9 Å². The second-order valence-corrected chi connectivity index (χ2v) is 10.2. The summed E-state index contributed by atoms with van der Waals surface area (Å²) in [5, 5.41) is 11.0. The minimum absolute atomic E-state index is 0.117. The van der Waals surface area contributed by atoms with Gasteiger partial charge in [-0.15, -0.1) is 21.5 Å². The molecule has 1 aliphatic heterocycles. The molecule has 8 heteroatoms. The van der Waals surface area contributed by atoms with Gasteiger partial charge in [0.25, 0.3) is 0 Å². The normalized spacial score (nSPS) is 15.6. The van der Waals surface area contributed by atoms with Crippen molar-refractivity contribution in [1.82, 2.24) is 19.6 Å². The number of amides is 1. The van der Waals surface area contributed by atoms with Crippen LogP contribution in [0.3, 0.4) is 0 Å². The van der Waals surface area contributed by atoms with Gasteiger partial charge in [-0.25, -0.2) is 4.98 Å². The van der Waals surface area contributed by atoms with Gasteiger partial charge in [-0.2, -0.15) is 0 Å². The van der Waals surface area contributed by atoms with Crippen LogP contribution in [-0.4, -0.2) is 37.8 Å². The van der Waals surface area contributed by atoms with Gasteiger partial charge in [-0.05, 0) is 49.3 Å². The van der Waals surface area contributed by atoms with Crippen molar-refractivity contribution < 1.29 is 4.79 Å². The van der Waals surface area contributed by atoms with Gasteiger partial charge in [0.2, 0.25) is 5.91 Å². The highest BCUT2D eigenvalue weighted by Crippen LogP contribution is 2.38. The SMILES string of the molecule is CCc1nc2sc3c(c2c2nnc(SCC(=O)N4CCc5ccccc54)n12)CCCC3. The Kier molecular flexibility index (Phi) is 4.72. The zero-order valence-electron chi connectivity index (χ0n) is 17.4. The summed E-state index contributed by atoms with van der Waals surface area (Å²) in [4.78, 5) is 22.4. The zero-order chi connectivity index (χ0) is 20.9. The molecule has 6 nitrogen and oxygen atoms in total. The van der Waals surface area contributed by atoms with E-state index in [2.05, 4.69) is 27.6 Å². The molecule has 158 valence electrons. The Hall–Kier alpha value is -2.45. The fraction of sp³-hybridized carbons (Fsp3) is 0.391. The molecule has 1 amide bonds. The Balaban J connectivity index is 1.34. The van der Waals surface area contributed by atoms with Crippen LogP contribution in [0.2, 0.25) is 0 Å². The van der Waals surface area contributed by atoms with E-state index in [0.717, 1.165) is 59.4 Å². The van der Waals surface area contributed by atoms with Crippen molar-refractivity contribution in [3.63, 3.8) is 0 Å². The van der Waals surface area contributed by atoms with Gasteiger partial charge in [0.05, 0.1) is 11.1 Å². The number of hydrogen-bond donors (Lipinski definition) is 0. The minimum atomic E-state index is 0.117. The molecule has 3 aromatic heterocycles. The maximum Gasteiger partial charge on any atom is 0.237 e. The smallest absolute Gasteiger partial charge is 0.237 e. The summed E-state index contributed by atoms with van der Waals surface area (Å²) in [5.74, 6) is 1.43. The van der Waals surface area contributed by atoms with Crippen molar-refractivity contribution in [2.24, 2.45) is 0 Å². The van der Waals surface area contributed by atoms with Gasteiger partial charge >= 0.3 is 0 Å². The third-order valence-corrected chi connectivity index (χ3v) is 8.43. The lowest BCUT2D eigenvalue weighted by Gasteiger charge is -2.16. The topological polar surface area (TPSA) is 63.4 Å². The maximum absolute atomic E-state index is 13.0. The maximum atomic E-state index is 13.0. The number of rotatable bonds is 4. The zero-order valence-corrected chi connectivity index (χ0v) is 19.1. The number of nitrogens with zero attached hydrogens (tertiary/aromatic N) is 5. The number of aromatic nitrogens is 4. The monoisotopic (exact) mass is 449 g/mol. The highest BCUT2D eigenvalue weighted by Gasteiger charge is 2.26. The predicted molar refractivity (Wildman–Crippen MR) is 125 cm³/mol. The third-order valence-electron chi connectivity index (χ3n) is 6.33. The number of carbonyl (C=O) groups excluding carboxylic acids is 1. The molecular weight excluding hydrogens is 426 g/mol. The van der Waals surface area contributed by atoms with Crippen LogP contribution in [0.4, 0.5) is 5.69 Å². The molecular formula is C23H23N5OS2. The predicted octanol–water partition coefficient (Wildman–Crippen LogP) is 4.46. The van der Waals surface area contributed by atoms with E-state index in [0.29, 0.717) is 5.75 Å². The second-order valence-electron chi connectivity index (χ2n) is 8.13. The van der Waals surface area contributed by atoms with E-state index >= 15 is 0 Å². The number of thiophene rings is 1. The minimum Gasteiger partial charge on any atom is -0.311 e. The lowest BCUT2D eigenvalue weighted by atomic mass is 9.97. The summed E-state index contributed by atoms with van der Waals surface area (Å²) in [6.45, 7) is 2.87. The first-order valence-corrected chi connectivity index (χ1v) is 12.7. The average molecular weight is 450 g/mol. The Labute approximate surface area is 188 Å². The molecule has 0 bridgehead atoms.